The van der Waals surface area contributed by atoms with E-state index in [0.717, 1.165) is 44.1 Å². The summed E-state index contributed by atoms with van der Waals surface area (Å²) in [5.74, 6) is 1.71. The van der Waals surface area contributed by atoms with Crippen LogP contribution < -0.4 is 0 Å². The van der Waals surface area contributed by atoms with Gasteiger partial charge >= 0.3 is 0 Å². The van der Waals surface area contributed by atoms with Crippen molar-refractivity contribution in [2.45, 2.75) is 51.8 Å². The number of likely N-dealkylation sites (tertiary alicyclic amines) is 1. The molecule has 1 N–H and O–H groups in total. The molecule has 7 heteroatoms. The van der Waals surface area contributed by atoms with Crippen molar-refractivity contribution < 1.29 is 4.74 Å². The Balaban J connectivity index is 1.66. The maximum atomic E-state index is 5.12. The Labute approximate surface area is 137 Å². The fraction of sp³-hybridized carbons (Fsp3) is 0.688. The zero-order chi connectivity index (χ0) is 16.1. The normalized spacial score (nSPS) is 19.3. The SMILES string of the molecule is CCn1nccc1CCN1CCCCC1c1n[nH]c(COC)n1. The molecule has 0 spiro atoms. The lowest BCUT2D eigenvalue weighted by molar-refractivity contribution is 0.142. The Bertz CT molecular complexity index is 607. The summed E-state index contributed by atoms with van der Waals surface area (Å²) < 4.78 is 7.19. The molecule has 126 valence electrons. The Morgan fingerprint density at radius 2 is 2.30 bits per heavy atom. The third kappa shape index (κ3) is 3.79. The van der Waals surface area contributed by atoms with Crippen LogP contribution in [0.3, 0.4) is 0 Å². The van der Waals surface area contributed by atoms with E-state index in [0.29, 0.717) is 12.6 Å². The first-order valence-corrected chi connectivity index (χ1v) is 8.46. The number of hydrogen-bond donors (Lipinski definition) is 1. The maximum absolute atomic E-state index is 5.12. The molecule has 0 aromatic carbocycles. The van der Waals surface area contributed by atoms with E-state index in [2.05, 4.69) is 42.9 Å². The van der Waals surface area contributed by atoms with Crippen LogP contribution >= 0.6 is 0 Å². The molecule has 3 rings (SSSR count). The lowest BCUT2D eigenvalue weighted by Gasteiger charge is -2.33. The lowest BCUT2D eigenvalue weighted by Crippen LogP contribution is -2.35. The minimum absolute atomic E-state index is 0.309. The van der Waals surface area contributed by atoms with Crippen molar-refractivity contribution in [2.75, 3.05) is 20.2 Å². The van der Waals surface area contributed by atoms with Gasteiger partial charge in [-0.15, -0.1) is 0 Å². The summed E-state index contributed by atoms with van der Waals surface area (Å²) in [4.78, 5) is 7.11. The molecule has 0 bridgehead atoms. The van der Waals surface area contributed by atoms with Gasteiger partial charge in [-0.3, -0.25) is 14.7 Å². The highest BCUT2D eigenvalue weighted by Crippen LogP contribution is 2.28. The second-order valence-electron chi connectivity index (χ2n) is 6.01. The number of methoxy groups -OCH3 is 1. The van der Waals surface area contributed by atoms with Crippen molar-refractivity contribution >= 4 is 0 Å². The summed E-state index contributed by atoms with van der Waals surface area (Å²) in [6.45, 7) is 5.66. The van der Waals surface area contributed by atoms with Crippen LogP contribution in [0.25, 0.3) is 0 Å². The van der Waals surface area contributed by atoms with Gasteiger partial charge in [-0.25, -0.2) is 4.98 Å². The fourth-order valence-corrected chi connectivity index (χ4v) is 3.33. The van der Waals surface area contributed by atoms with Gasteiger partial charge in [0.05, 0.1) is 6.04 Å². The van der Waals surface area contributed by atoms with Crippen molar-refractivity contribution in [3.8, 4) is 0 Å². The molecule has 0 radical (unpaired) electrons. The van der Waals surface area contributed by atoms with Gasteiger partial charge in [0.15, 0.2) is 11.6 Å². The third-order valence-electron chi connectivity index (χ3n) is 4.50. The highest BCUT2D eigenvalue weighted by molar-refractivity contribution is 5.03. The predicted molar refractivity (Wildman–Crippen MR) is 86.9 cm³/mol. The minimum atomic E-state index is 0.309. The van der Waals surface area contributed by atoms with Crippen LogP contribution in [0.4, 0.5) is 0 Å². The number of ether oxygens (including phenoxy) is 1. The van der Waals surface area contributed by atoms with Crippen molar-refractivity contribution in [2.24, 2.45) is 0 Å². The largest absolute Gasteiger partial charge is 0.377 e. The summed E-state index contributed by atoms with van der Waals surface area (Å²) in [7, 11) is 1.67. The molecule has 0 saturated carbocycles. The number of rotatable bonds is 7. The van der Waals surface area contributed by atoms with Gasteiger partial charge in [-0.1, -0.05) is 6.42 Å². The van der Waals surface area contributed by atoms with Gasteiger partial charge in [0.2, 0.25) is 0 Å². The van der Waals surface area contributed by atoms with E-state index in [1.807, 2.05) is 6.20 Å². The summed E-state index contributed by atoms with van der Waals surface area (Å²) in [5.41, 5.74) is 1.30. The average molecular weight is 318 g/mol. The first-order chi connectivity index (χ1) is 11.3. The topological polar surface area (TPSA) is 71.9 Å². The van der Waals surface area contributed by atoms with E-state index < -0.39 is 0 Å². The first-order valence-electron chi connectivity index (χ1n) is 8.46. The standard InChI is InChI=1S/C16H26N6O/c1-3-22-13(7-9-17-22)8-11-21-10-5-4-6-14(21)16-18-15(12-23-2)19-20-16/h7,9,14H,3-6,8,10-12H2,1-2H3,(H,18,19,20). The van der Waals surface area contributed by atoms with E-state index in [-0.39, 0.29) is 0 Å². The highest BCUT2D eigenvalue weighted by Gasteiger charge is 2.27. The van der Waals surface area contributed by atoms with Crippen LogP contribution in [0.5, 0.6) is 0 Å². The number of nitrogens with zero attached hydrogens (tertiary/aromatic N) is 5. The van der Waals surface area contributed by atoms with E-state index in [1.165, 1.54) is 18.5 Å². The monoisotopic (exact) mass is 318 g/mol. The number of piperidine rings is 1. The van der Waals surface area contributed by atoms with Gasteiger partial charge in [-0.05, 0) is 32.4 Å². The molecule has 2 aromatic heterocycles. The summed E-state index contributed by atoms with van der Waals surface area (Å²) >= 11 is 0. The van der Waals surface area contributed by atoms with E-state index in [1.54, 1.807) is 7.11 Å². The average Bonchev–Trinajstić information content (AvgIpc) is 3.22. The van der Waals surface area contributed by atoms with Gasteiger partial charge in [0, 0.05) is 38.5 Å². The molecular formula is C16H26N6O. The van der Waals surface area contributed by atoms with Crippen LogP contribution in [0.1, 0.15) is 49.6 Å². The van der Waals surface area contributed by atoms with Crippen LogP contribution in [0.2, 0.25) is 0 Å². The predicted octanol–water partition coefficient (Wildman–Crippen LogP) is 1.94. The van der Waals surface area contributed by atoms with Crippen molar-refractivity contribution in [3.05, 3.63) is 29.6 Å². The quantitative estimate of drug-likeness (QED) is 0.844. The molecule has 1 saturated heterocycles. The third-order valence-corrected chi connectivity index (χ3v) is 4.50. The Kier molecular flexibility index (Phi) is 5.40. The molecule has 7 nitrogen and oxygen atoms in total. The Morgan fingerprint density at radius 3 is 3.13 bits per heavy atom. The molecule has 1 fully saturated rings. The van der Waals surface area contributed by atoms with Crippen LogP contribution in [0, 0.1) is 0 Å². The molecule has 2 aromatic rings. The van der Waals surface area contributed by atoms with E-state index >= 15 is 0 Å². The summed E-state index contributed by atoms with van der Waals surface area (Å²) in [6, 6.07) is 2.43. The smallest absolute Gasteiger partial charge is 0.167 e. The Morgan fingerprint density at radius 1 is 1.39 bits per heavy atom. The molecule has 0 amide bonds. The first kappa shape index (κ1) is 16.1. The molecule has 1 unspecified atom stereocenters. The van der Waals surface area contributed by atoms with E-state index in [9.17, 15) is 0 Å². The second-order valence-corrected chi connectivity index (χ2v) is 6.01. The fourth-order valence-electron chi connectivity index (χ4n) is 3.33. The van der Waals surface area contributed by atoms with Crippen LogP contribution in [0.15, 0.2) is 12.3 Å². The number of nitrogens with one attached hydrogen (secondary N) is 1. The van der Waals surface area contributed by atoms with Crippen LogP contribution in [-0.4, -0.2) is 50.1 Å². The number of aryl methyl sites for hydroxylation is 1. The molecule has 3 heterocycles. The number of aromatic amines is 1. The molecule has 0 aliphatic carbocycles. The molecule has 1 aliphatic heterocycles. The minimum Gasteiger partial charge on any atom is -0.377 e. The molecule has 1 atom stereocenters. The summed E-state index contributed by atoms with van der Waals surface area (Å²) in [6.07, 6.45) is 6.51. The van der Waals surface area contributed by atoms with Gasteiger partial charge < -0.3 is 4.74 Å². The van der Waals surface area contributed by atoms with Gasteiger partial charge in [0.1, 0.15) is 6.61 Å². The van der Waals surface area contributed by atoms with Crippen molar-refractivity contribution in [1.82, 2.24) is 29.9 Å². The number of H-pyrrole nitrogens is 1. The lowest BCUT2D eigenvalue weighted by atomic mass is 10.0. The van der Waals surface area contributed by atoms with Crippen LogP contribution in [-0.2, 0) is 24.3 Å². The second kappa shape index (κ2) is 7.70. The molecule has 1 aliphatic rings. The zero-order valence-electron chi connectivity index (χ0n) is 14.0. The molecule has 23 heavy (non-hydrogen) atoms. The van der Waals surface area contributed by atoms with Crippen molar-refractivity contribution in [1.29, 1.82) is 0 Å². The maximum Gasteiger partial charge on any atom is 0.167 e. The Hall–Kier alpha value is -1.73. The van der Waals surface area contributed by atoms with E-state index in [4.69, 9.17) is 4.74 Å². The number of aromatic nitrogens is 5. The van der Waals surface area contributed by atoms with Gasteiger partial charge in [0.25, 0.3) is 0 Å². The number of hydrogen-bond acceptors (Lipinski definition) is 5. The van der Waals surface area contributed by atoms with Gasteiger partial charge in [-0.2, -0.15) is 10.2 Å². The molecular weight excluding hydrogens is 292 g/mol. The van der Waals surface area contributed by atoms with Crippen molar-refractivity contribution in [3.63, 3.8) is 0 Å². The highest BCUT2D eigenvalue weighted by atomic mass is 16.5. The summed E-state index contributed by atoms with van der Waals surface area (Å²) in [5, 5.41) is 11.8. The zero-order valence-corrected chi connectivity index (χ0v) is 14.0.